The van der Waals surface area contributed by atoms with Gasteiger partial charge in [-0.1, -0.05) is 18.2 Å². The molecule has 0 saturated heterocycles. The van der Waals surface area contributed by atoms with Crippen molar-refractivity contribution >= 4 is 11.8 Å². The summed E-state index contributed by atoms with van der Waals surface area (Å²) < 4.78 is 5.33. The lowest BCUT2D eigenvalue weighted by atomic mass is 9.80. The summed E-state index contributed by atoms with van der Waals surface area (Å²) in [6.45, 7) is 5.35. The van der Waals surface area contributed by atoms with Crippen LogP contribution in [0.25, 0.3) is 0 Å². The maximum atomic E-state index is 11.9. The number of Topliss-reactive ketones (excluding diaryl/α,β-unsaturated/α-hetero) is 1. The van der Waals surface area contributed by atoms with E-state index in [1.54, 1.807) is 43.3 Å². The molecule has 0 aliphatic heterocycles. The molecule has 1 aliphatic carbocycles. The Morgan fingerprint density at radius 2 is 1.79 bits per heavy atom. The average molecular weight is 256 g/mol. The third kappa shape index (κ3) is 2.81. The fraction of sp³-hybridized carbons (Fsp3) is 0.250. The molecule has 19 heavy (non-hydrogen) atoms. The molecule has 0 unspecified atom stereocenters. The molecule has 0 N–H and O–H groups in total. The zero-order valence-corrected chi connectivity index (χ0v) is 11.3. The van der Waals surface area contributed by atoms with E-state index in [1.807, 2.05) is 19.9 Å². The van der Waals surface area contributed by atoms with Crippen LogP contribution >= 0.6 is 0 Å². The second-order valence-electron chi connectivity index (χ2n) is 5.18. The van der Waals surface area contributed by atoms with Gasteiger partial charge in [0.05, 0.1) is 5.56 Å². The third-order valence-corrected chi connectivity index (χ3v) is 3.03. The van der Waals surface area contributed by atoms with Gasteiger partial charge in [0.2, 0.25) is 0 Å². The number of hydrogen-bond donors (Lipinski definition) is 0. The molecule has 0 spiro atoms. The van der Waals surface area contributed by atoms with Gasteiger partial charge < -0.3 is 4.74 Å². The lowest BCUT2D eigenvalue weighted by molar-refractivity contribution is -0.121. The highest BCUT2D eigenvalue weighted by Crippen LogP contribution is 2.30. The molecule has 0 radical (unpaired) electrons. The number of carbonyl (C=O) groups excluding carboxylic acids is 2. The average Bonchev–Trinajstić information content (AvgIpc) is 2.36. The van der Waals surface area contributed by atoms with Crippen molar-refractivity contribution in [1.29, 1.82) is 0 Å². The van der Waals surface area contributed by atoms with Gasteiger partial charge >= 0.3 is 5.97 Å². The Labute approximate surface area is 112 Å². The van der Waals surface area contributed by atoms with Crippen molar-refractivity contribution in [2.75, 3.05) is 0 Å². The summed E-state index contributed by atoms with van der Waals surface area (Å²) in [6.07, 6.45) is 3.29. The summed E-state index contributed by atoms with van der Waals surface area (Å²) in [4.78, 5) is 23.8. The van der Waals surface area contributed by atoms with Gasteiger partial charge in [-0.05, 0) is 50.6 Å². The number of rotatable bonds is 2. The first-order valence-electron chi connectivity index (χ1n) is 6.13. The zero-order valence-electron chi connectivity index (χ0n) is 11.3. The summed E-state index contributed by atoms with van der Waals surface area (Å²) in [7, 11) is 0. The highest BCUT2D eigenvalue weighted by atomic mass is 16.5. The maximum Gasteiger partial charge on any atom is 0.343 e. The normalized spacial score (nSPS) is 17.5. The van der Waals surface area contributed by atoms with Crippen LogP contribution in [0.15, 0.2) is 53.8 Å². The number of benzene rings is 1. The summed E-state index contributed by atoms with van der Waals surface area (Å²) in [5.41, 5.74) is 0.457. The van der Waals surface area contributed by atoms with Gasteiger partial charge in [-0.25, -0.2) is 4.79 Å². The number of ether oxygens (including phenoxy) is 1. The van der Waals surface area contributed by atoms with E-state index in [-0.39, 0.29) is 5.78 Å². The first-order valence-corrected chi connectivity index (χ1v) is 6.13. The summed E-state index contributed by atoms with van der Waals surface area (Å²) >= 11 is 0. The van der Waals surface area contributed by atoms with Crippen LogP contribution in [0.2, 0.25) is 0 Å². The molecule has 2 rings (SSSR count). The molecule has 0 amide bonds. The first-order chi connectivity index (χ1) is 8.90. The second-order valence-corrected chi connectivity index (χ2v) is 5.18. The fourth-order valence-corrected chi connectivity index (χ4v) is 2.05. The highest BCUT2D eigenvalue weighted by molar-refractivity contribution is 6.02. The lowest BCUT2D eigenvalue weighted by Crippen LogP contribution is -2.26. The fourth-order valence-electron chi connectivity index (χ4n) is 2.05. The van der Waals surface area contributed by atoms with E-state index in [2.05, 4.69) is 0 Å². The van der Waals surface area contributed by atoms with E-state index in [1.165, 1.54) is 0 Å². The number of esters is 1. The Balaban J connectivity index is 2.21. The van der Waals surface area contributed by atoms with Crippen LogP contribution in [-0.2, 0) is 9.53 Å². The van der Waals surface area contributed by atoms with Gasteiger partial charge in [0, 0.05) is 5.41 Å². The quantitative estimate of drug-likeness (QED) is 0.763. The Hall–Kier alpha value is -2.16. The molecular formula is C16H16O3. The topological polar surface area (TPSA) is 43.4 Å². The molecular weight excluding hydrogens is 240 g/mol. The predicted octanol–water partition coefficient (Wildman–Crippen LogP) is 3.28. The van der Waals surface area contributed by atoms with Crippen LogP contribution in [0.4, 0.5) is 0 Å². The Morgan fingerprint density at radius 3 is 2.37 bits per heavy atom. The second kappa shape index (κ2) is 4.84. The molecule has 1 aromatic carbocycles. The summed E-state index contributed by atoms with van der Waals surface area (Å²) in [5, 5.41) is 0. The van der Waals surface area contributed by atoms with Gasteiger partial charge in [0.15, 0.2) is 5.78 Å². The third-order valence-electron chi connectivity index (χ3n) is 3.03. The highest BCUT2D eigenvalue weighted by Gasteiger charge is 2.31. The molecule has 0 heterocycles. The molecule has 0 fully saturated rings. The molecule has 0 saturated carbocycles. The number of carbonyl (C=O) groups is 2. The monoisotopic (exact) mass is 256 g/mol. The SMILES string of the molecule is CC1=CC(OC(=O)c2ccccc2)=CC(C)(C)C1=O. The molecule has 98 valence electrons. The van der Waals surface area contributed by atoms with Crippen molar-refractivity contribution in [3.63, 3.8) is 0 Å². The van der Waals surface area contributed by atoms with Gasteiger partial charge in [0.25, 0.3) is 0 Å². The number of ketones is 1. The molecule has 0 atom stereocenters. The molecule has 3 nitrogen and oxygen atoms in total. The lowest BCUT2D eigenvalue weighted by Gasteiger charge is -2.24. The zero-order chi connectivity index (χ0) is 14.0. The van der Waals surface area contributed by atoms with Crippen LogP contribution in [-0.4, -0.2) is 11.8 Å². The largest absolute Gasteiger partial charge is 0.423 e. The smallest absolute Gasteiger partial charge is 0.343 e. The minimum atomic E-state index is -0.634. The predicted molar refractivity (Wildman–Crippen MR) is 72.5 cm³/mol. The van der Waals surface area contributed by atoms with Gasteiger partial charge in [-0.2, -0.15) is 0 Å². The summed E-state index contributed by atoms with van der Waals surface area (Å²) in [6, 6.07) is 8.78. The van der Waals surface area contributed by atoms with E-state index < -0.39 is 11.4 Å². The van der Waals surface area contributed by atoms with Crippen molar-refractivity contribution in [1.82, 2.24) is 0 Å². The van der Waals surface area contributed by atoms with Gasteiger partial charge in [-0.3, -0.25) is 4.79 Å². The molecule has 0 bridgehead atoms. The van der Waals surface area contributed by atoms with Crippen LogP contribution < -0.4 is 0 Å². The van der Waals surface area contributed by atoms with Crippen LogP contribution in [0.5, 0.6) is 0 Å². The summed E-state index contributed by atoms with van der Waals surface area (Å²) in [5.74, 6) is 0.0593. The molecule has 1 aromatic rings. The maximum absolute atomic E-state index is 11.9. The Kier molecular flexibility index (Phi) is 3.38. The van der Waals surface area contributed by atoms with E-state index in [0.717, 1.165) is 0 Å². The first kappa shape index (κ1) is 13.3. The van der Waals surface area contributed by atoms with Gasteiger partial charge in [-0.15, -0.1) is 0 Å². The molecule has 3 heteroatoms. The number of hydrogen-bond acceptors (Lipinski definition) is 3. The minimum Gasteiger partial charge on any atom is -0.423 e. The van der Waals surface area contributed by atoms with Crippen molar-refractivity contribution in [2.24, 2.45) is 5.41 Å². The minimum absolute atomic E-state index is 0.0482. The Morgan fingerprint density at radius 1 is 1.16 bits per heavy atom. The van der Waals surface area contributed by atoms with E-state index in [4.69, 9.17) is 4.74 Å². The molecule has 0 aromatic heterocycles. The van der Waals surface area contributed by atoms with Crippen molar-refractivity contribution in [3.8, 4) is 0 Å². The van der Waals surface area contributed by atoms with Crippen LogP contribution in [0.3, 0.4) is 0 Å². The van der Waals surface area contributed by atoms with E-state index in [9.17, 15) is 9.59 Å². The van der Waals surface area contributed by atoms with Crippen LogP contribution in [0, 0.1) is 5.41 Å². The standard InChI is InChI=1S/C16H16O3/c1-11-9-13(10-16(2,3)14(11)17)19-15(18)12-7-5-4-6-8-12/h4-10H,1-3H3. The van der Waals surface area contributed by atoms with Gasteiger partial charge in [0.1, 0.15) is 5.76 Å². The van der Waals surface area contributed by atoms with Crippen molar-refractivity contribution in [3.05, 3.63) is 59.4 Å². The van der Waals surface area contributed by atoms with Crippen molar-refractivity contribution in [2.45, 2.75) is 20.8 Å². The molecule has 1 aliphatic rings. The Bertz CT molecular complexity index is 577. The number of allylic oxidation sites excluding steroid dienone is 3. The van der Waals surface area contributed by atoms with E-state index in [0.29, 0.717) is 16.9 Å². The van der Waals surface area contributed by atoms with Crippen LogP contribution in [0.1, 0.15) is 31.1 Å². The van der Waals surface area contributed by atoms with E-state index >= 15 is 0 Å². The van der Waals surface area contributed by atoms with Crippen molar-refractivity contribution < 1.29 is 14.3 Å².